The minimum atomic E-state index is -4.47. The maximum atomic E-state index is 13.8. The number of anilines is 1. The first-order valence-corrected chi connectivity index (χ1v) is 10.9. The van der Waals surface area contributed by atoms with E-state index in [1.165, 1.54) is 31.4 Å². The van der Waals surface area contributed by atoms with Gasteiger partial charge in [-0.1, -0.05) is 48.5 Å². The molecule has 1 amide bonds. The van der Waals surface area contributed by atoms with Crippen LogP contribution in [0.4, 0.5) is 5.69 Å². The Morgan fingerprint density at radius 3 is 1.81 bits per heavy atom. The van der Waals surface area contributed by atoms with Crippen LogP contribution in [-0.4, -0.2) is 31.7 Å². The Balaban J connectivity index is 2.12. The standard InChI is InChI=1S/C23H20N2O5S/c1-15(26)25(31(28,29)17-13-11-16(24)12-14-17)23(22(27)30-2)20-9-5-3-7-18(20)19-8-4-6-10-21(19)23/h3-14H,24H2,1-2H3. The summed E-state index contributed by atoms with van der Waals surface area (Å²) in [6.07, 6.45) is 0. The summed E-state index contributed by atoms with van der Waals surface area (Å²) in [5.41, 5.74) is 6.09. The van der Waals surface area contributed by atoms with Gasteiger partial charge in [-0.25, -0.2) is 17.5 Å². The molecule has 0 heterocycles. The first-order chi connectivity index (χ1) is 14.8. The van der Waals surface area contributed by atoms with E-state index in [0.29, 0.717) is 32.2 Å². The third kappa shape index (κ3) is 2.83. The zero-order valence-electron chi connectivity index (χ0n) is 16.9. The second-order valence-corrected chi connectivity index (χ2v) is 8.94. The summed E-state index contributed by atoms with van der Waals surface area (Å²) < 4.78 is 33.3. The predicted octanol–water partition coefficient (Wildman–Crippen LogP) is 2.90. The lowest BCUT2D eigenvalue weighted by molar-refractivity contribution is -0.154. The van der Waals surface area contributed by atoms with Crippen LogP contribution in [0.1, 0.15) is 18.1 Å². The van der Waals surface area contributed by atoms with Crippen molar-refractivity contribution in [2.75, 3.05) is 12.8 Å². The van der Waals surface area contributed by atoms with Crippen LogP contribution >= 0.6 is 0 Å². The minimum absolute atomic E-state index is 0.165. The van der Waals surface area contributed by atoms with Gasteiger partial charge in [-0.05, 0) is 35.4 Å². The molecule has 0 spiro atoms. The maximum absolute atomic E-state index is 13.8. The fraction of sp³-hybridized carbons (Fsp3) is 0.130. The third-order valence-electron chi connectivity index (χ3n) is 5.41. The molecule has 0 radical (unpaired) electrons. The topological polar surface area (TPSA) is 107 Å². The minimum Gasteiger partial charge on any atom is -0.467 e. The molecule has 158 valence electrons. The predicted molar refractivity (Wildman–Crippen MR) is 115 cm³/mol. The average Bonchev–Trinajstić information content (AvgIpc) is 3.05. The number of esters is 1. The van der Waals surface area contributed by atoms with Crippen molar-refractivity contribution < 1.29 is 22.7 Å². The van der Waals surface area contributed by atoms with Crippen molar-refractivity contribution in [1.29, 1.82) is 0 Å². The van der Waals surface area contributed by atoms with Crippen molar-refractivity contribution in [2.24, 2.45) is 0 Å². The molecule has 3 aromatic rings. The van der Waals surface area contributed by atoms with Crippen molar-refractivity contribution in [3.8, 4) is 11.1 Å². The summed E-state index contributed by atoms with van der Waals surface area (Å²) in [6, 6.07) is 19.3. The van der Waals surface area contributed by atoms with Crippen LogP contribution in [-0.2, 0) is 29.9 Å². The van der Waals surface area contributed by atoms with E-state index in [-0.39, 0.29) is 4.90 Å². The Morgan fingerprint density at radius 1 is 0.871 bits per heavy atom. The van der Waals surface area contributed by atoms with E-state index in [1.54, 1.807) is 48.5 Å². The lowest BCUT2D eigenvalue weighted by atomic mass is 9.87. The van der Waals surface area contributed by atoms with Crippen LogP contribution in [0.15, 0.2) is 77.7 Å². The number of benzene rings is 3. The van der Waals surface area contributed by atoms with Gasteiger partial charge in [-0.15, -0.1) is 0 Å². The lowest BCUT2D eigenvalue weighted by Crippen LogP contribution is -2.56. The Morgan fingerprint density at radius 2 is 1.35 bits per heavy atom. The van der Waals surface area contributed by atoms with E-state index < -0.39 is 27.4 Å². The molecule has 31 heavy (non-hydrogen) atoms. The number of ether oxygens (including phenoxy) is 1. The van der Waals surface area contributed by atoms with Gasteiger partial charge in [0.05, 0.1) is 12.0 Å². The molecule has 0 fully saturated rings. The molecule has 0 unspecified atom stereocenters. The highest BCUT2D eigenvalue weighted by Gasteiger charge is 2.59. The van der Waals surface area contributed by atoms with Crippen LogP contribution in [0.25, 0.3) is 11.1 Å². The molecular formula is C23H20N2O5S. The fourth-order valence-corrected chi connectivity index (χ4v) is 5.87. The number of nitrogens with two attached hydrogens (primary N) is 1. The number of rotatable bonds is 4. The second-order valence-electron chi connectivity index (χ2n) is 7.15. The number of carbonyl (C=O) groups is 2. The van der Waals surface area contributed by atoms with E-state index in [9.17, 15) is 18.0 Å². The number of methoxy groups -OCH3 is 1. The van der Waals surface area contributed by atoms with E-state index >= 15 is 0 Å². The Hall–Kier alpha value is -3.65. The van der Waals surface area contributed by atoms with Gasteiger partial charge in [0.15, 0.2) is 0 Å². The van der Waals surface area contributed by atoms with Gasteiger partial charge in [0.1, 0.15) is 0 Å². The first-order valence-electron chi connectivity index (χ1n) is 9.45. The third-order valence-corrected chi connectivity index (χ3v) is 7.29. The number of fused-ring (bicyclic) bond motifs is 3. The number of nitrogens with zero attached hydrogens (tertiary/aromatic N) is 1. The fourth-order valence-electron chi connectivity index (χ4n) is 4.21. The Bertz CT molecular complexity index is 1250. The molecule has 0 saturated carbocycles. The molecule has 7 nitrogen and oxygen atoms in total. The quantitative estimate of drug-likeness (QED) is 0.498. The van der Waals surface area contributed by atoms with Crippen molar-refractivity contribution in [1.82, 2.24) is 4.31 Å². The summed E-state index contributed by atoms with van der Waals surface area (Å²) in [5.74, 6) is -1.70. The molecule has 1 aliphatic rings. The number of sulfonamides is 1. The summed E-state index contributed by atoms with van der Waals surface area (Å²) in [6.45, 7) is 1.11. The molecule has 0 atom stereocenters. The van der Waals surface area contributed by atoms with Crippen molar-refractivity contribution in [3.05, 3.63) is 83.9 Å². The molecule has 2 N–H and O–H groups in total. The largest absolute Gasteiger partial charge is 0.467 e. The SMILES string of the molecule is COC(=O)C1(N(C(C)=O)S(=O)(=O)c2ccc(N)cc2)c2ccccc2-c2ccccc21. The molecular weight excluding hydrogens is 416 g/mol. The average molecular weight is 436 g/mol. The van der Waals surface area contributed by atoms with Crippen molar-refractivity contribution in [3.63, 3.8) is 0 Å². The number of amides is 1. The van der Waals surface area contributed by atoms with Gasteiger partial charge < -0.3 is 10.5 Å². The summed E-state index contributed by atoms with van der Waals surface area (Å²) >= 11 is 0. The molecule has 1 aliphatic carbocycles. The number of hydrogen-bond acceptors (Lipinski definition) is 6. The van der Waals surface area contributed by atoms with E-state index in [2.05, 4.69) is 0 Å². The monoisotopic (exact) mass is 436 g/mol. The number of nitrogen functional groups attached to an aromatic ring is 1. The van der Waals surface area contributed by atoms with Crippen molar-refractivity contribution in [2.45, 2.75) is 17.4 Å². The highest BCUT2D eigenvalue weighted by Crippen LogP contribution is 2.52. The number of hydrogen-bond donors (Lipinski definition) is 1. The van der Waals surface area contributed by atoms with Gasteiger partial charge in [-0.2, -0.15) is 0 Å². The zero-order valence-corrected chi connectivity index (χ0v) is 17.7. The molecule has 0 aromatic heterocycles. The molecule has 0 bridgehead atoms. The lowest BCUT2D eigenvalue weighted by Gasteiger charge is -2.38. The molecule has 3 aromatic carbocycles. The van der Waals surface area contributed by atoms with Gasteiger partial charge in [-0.3, -0.25) is 4.79 Å². The van der Waals surface area contributed by atoms with E-state index in [1.807, 2.05) is 0 Å². The molecule has 8 heteroatoms. The zero-order chi connectivity index (χ0) is 22.4. The van der Waals surface area contributed by atoms with Crippen LogP contribution in [0.5, 0.6) is 0 Å². The molecule has 4 rings (SSSR count). The normalized spacial score (nSPS) is 13.7. The maximum Gasteiger partial charge on any atom is 0.342 e. The van der Waals surface area contributed by atoms with Gasteiger partial charge in [0.2, 0.25) is 11.4 Å². The van der Waals surface area contributed by atoms with Gasteiger partial charge >= 0.3 is 5.97 Å². The second kappa shape index (κ2) is 7.24. The van der Waals surface area contributed by atoms with Gasteiger partial charge in [0, 0.05) is 23.7 Å². The summed E-state index contributed by atoms with van der Waals surface area (Å²) in [7, 11) is -3.30. The van der Waals surface area contributed by atoms with Crippen LogP contribution in [0.2, 0.25) is 0 Å². The highest BCUT2D eigenvalue weighted by atomic mass is 32.2. The summed E-state index contributed by atoms with van der Waals surface area (Å²) in [4.78, 5) is 26.3. The summed E-state index contributed by atoms with van der Waals surface area (Å²) in [5, 5.41) is 0. The molecule has 0 aliphatic heterocycles. The van der Waals surface area contributed by atoms with E-state index in [0.717, 1.165) is 6.92 Å². The van der Waals surface area contributed by atoms with Gasteiger partial charge in [0.25, 0.3) is 10.0 Å². The van der Waals surface area contributed by atoms with E-state index in [4.69, 9.17) is 10.5 Å². The van der Waals surface area contributed by atoms with Crippen LogP contribution < -0.4 is 5.73 Å². The molecule has 0 saturated heterocycles. The smallest absolute Gasteiger partial charge is 0.342 e. The van der Waals surface area contributed by atoms with Crippen LogP contribution in [0, 0.1) is 0 Å². The number of carbonyl (C=O) groups excluding carboxylic acids is 2. The Labute approximate surface area is 180 Å². The Kier molecular flexibility index (Phi) is 4.82. The highest BCUT2D eigenvalue weighted by molar-refractivity contribution is 7.89. The van der Waals surface area contributed by atoms with Crippen molar-refractivity contribution >= 4 is 27.6 Å². The van der Waals surface area contributed by atoms with Crippen LogP contribution in [0.3, 0.4) is 0 Å². The first kappa shape index (κ1) is 20.6.